The number of amidine groups is 1. The Morgan fingerprint density at radius 3 is 2.50 bits per heavy atom. The number of aliphatic imine (C=N–C) groups is 1. The second-order valence-electron chi connectivity index (χ2n) is 7.58. The maximum atomic E-state index is 13.6. The Morgan fingerprint density at radius 1 is 1.09 bits per heavy atom. The number of nitrogens with zero attached hydrogens (tertiary/aromatic N) is 2. The van der Waals surface area contributed by atoms with Crippen molar-refractivity contribution >= 4 is 62.2 Å². The first-order valence-corrected chi connectivity index (χ1v) is 12.0. The molecule has 1 amide bonds. The van der Waals surface area contributed by atoms with Gasteiger partial charge in [0.15, 0.2) is 11.8 Å². The molecule has 1 aliphatic heterocycles. The van der Waals surface area contributed by atoms with E-state index >= 15 is 0 Å². The highest BCUT2D eigenvalue weighted by Crippen LogP contribution is 2.40. The van der Waals surface area contributed by atoms with Gasteiger partial charge in [0.2, 0.25) is 0 Å². The van der Waals surface area contributed by atoms with E-state index in [2.05, 4.69) is 15.9 Å². The van der Waals surface area contributed by atoms with Gasteiger partial charge in [0.1, 0.15) is 5.75 Å². The fraction of sp³-hybridized carbons (Fsp3) is 0.115. The second-order valence-corrected chi connectivity index (χ2v) is 9.51. The van der Waals surface area contributed by atoms with Gasteiger partial charge in [0, 0.05) is 10.0 Å². The van der Waals surface area contributed by atoms with Gasteiger partial charge < -0.3 is 9.84 Å². The van der Waals surface area contributed by atoms with E-state index in [9.17, 15) is 9.59 Å². The number of thioether (sulfide) groups is 1. The van der Waals surface area contributed by atoms with Crippen LogP contribution in [0.1, 0.15) is 16.7 Å². The third-order valence-electron chi connectivity index (χ3n) is 5.10. The quantitative estimate of drug-likeness (QED) is 0.372. The molecule has 4 rings (SSSR count). The average Bonchev–Trinajstić information content (AvgIpc) is 3.09. The molecular formula is C26H21BrN2O4S. The Hall–Kier alpha value is -3.36. The summed E-state index contributed by atoms with van der Waals surface area (Å²) in [7, 11) is 0. The topological polar surface area (TPSA) is 79.2 Å². The number of ether oxygens (including phenoxy) is 1. The molecule has 0 atom stereocenters. The van der Waals surface area contributed by atoms with Gasteiger partial charge in [-0.2, -0.15) is 0 Å². The summed E-state index contributed by atoms with van der Waals surface area (Å²) in [5.74, 6) is -0.916. The number of amides is 1. The second kappa shape index (κ2) is 10.3. The van der Waals surface area contributed by atoms with Gasteiger partial charge in [-0.3, -0.25) is 9.69 Å². The molecule has 3 aromatic rings. The molecule has 34 heavy (non-hydrogen) atoms. The van der Waals surface area contributed by atoms with Crippen LogP contribution in [-0.4, -0.2) is 28.8 Å². The van der Waals surface area contributed by atoms with E-state index in [0.29, 0.717) is 21.4 Å². The molecule has 1 saturated heterocycles. The number of carbonyl (C=O) groups is 2. The number of anilines is 1. The molecule has 0 saturated carbocycles. The number of rotatable bonds is 6. The molecule has 0 aliphatic carbocycles. The summed E-state index contributed by atoms with van der Waals surface area (Å²) in [5, 5.41) is 9.54. The zero-order valence-electron chi connectivity index (χ0n) is 18.5. The Bertz CT molecular complexity index is 1340. The fourth-order valence-electron chi connectivity index (χ4n) is 3.41. The lowest BCUT2D eigenvalue weighted by Crippen LogP contribution is -2.29. The smallest absolute Gasteiger partial charge is 0.341 e. The third kappa shape index (κ3) is 5.24. The molecule has 0 aromatic heterocycles. The number of carbonyl (C=O) groups excluding carboxylic acids is 1. The molecule has 0 radical (unpaired) electrons. The van der Waals surface area contributed by atoms with Crippen molar-refractivity contribution in [2.75, 3.05) is 11.5 Å². The number of carboxylic acids is 1. The van der Waals surface area contributed by atoms with Gasteiger partial charge in [-0.1, -0.05) is 52.3 Å². The number of hydrogen-bond donors (Lipinski definition) is 1. The highest BCUT2D eigenvalue weighted by Gasteiger charge is 2.35. The van der Waals surface area contributed by atoms with E-state index in [-0.39, 0.29) is 5.91 Å². The summed E-state index contributed by atoms with van der Waals surface area (Å²) in [6, 6.07) is 20.6. The van der Waals surface area contributed by atoms with Crippen LogP contribution in [0, 0.1) is 13.8 Å². The normalized spacial score (nSPS) is 15.9. The van der Waals surface area contributed by atoms with Crippen molar-refractivity contribution in [3.63, 3.8) is 0 Å². The van der Waals surface area contributed by atoms with Crippen molar-refractivity contribution < 1.29 is 19.4 Å². The van der Waals surface area contributed by atoms with E-state index < -0.39 is 12.6 Å². The van der Waals surface area contributed by atoms with Crippen molar-refractivity contribution in [3.05, 3.63) is 92.8 Å². The van der Waals surface area contributed by atoms with E-state index in [1.54, 1.807) is 29.2 Å². The summed E-state index contributed by atoms with van der Waals surface area (Å²) >= 11 is 4.70. The summed E-state index contributed by atoms with van der Waals surface area (Å²) in [4.78, 5) is 31.5. The molecule has 3 aromatic carbocycles. The lowest BCUT2D eigenvalue weighted by Gasteiger charge is -2.18. The van der Waals surface area contributed by atoms with Crippen molar-refractivity contribution in [3.8, 4) is 5.75 Å². The number of aryl methyl sites for hydroxylation is 2. The van der Waals surface area contributed by atoms with Crippen LogP contribution in [0.25, 0.3) is 6.08 Å². The minimum Gasteiger partial charge on any atom is -0.481 e. The Morgan fingerprint density at radius 2 is 1.79 bits per heavy atom. The Labute approximate surface area is 210 Å². The van der Waals surface area contributed by atoms with Crippen LogP contribution in [-0.2, 0) is 9.59 Å². The fourth-order valence-corrected chi connectivity index (χ4v) is 4.77. The first-order valence-electron chi connectivity index (χ1n) is 10.4. The molecule has 0 unspecified atom stereocenters. The molecule has 0 bridgehead atoms. The first kappa shape index (κ1) is 23.8. The van der Waals surface area contributed by atoms with Crippen LogP contribution in [0.5, 0.6) is 5.75 Å². The van der Waals surface area contributed by atoms with E-state index in [1.807, 2.05) is 62.4 Å². The summed E-state index contributed by atoms with van der Waals surface area (Å²) < 4.78 is 6.22. The molecule has 8 heteroatoms. The first-order chi connectivity index (χ1) is 16.3. The van der Waals surface area contributed by atoms with Gasteiger partial charge >= 0.3 is 5.97 Å². The lowest BCUT2D eigenvalue weighted by atomic mass is 10.1. The molecule has 1 heterocycles. The van der Waals surface area contributed by atoms with Gasteiger partial charge in [0.05, 0.1) is 16.3 Å². The van der Waals surface area contributed by atoms with Crippen LogP contribution < -0.4 is 9.64 Å². The zero-order chi connectivity index (χ0) is 24.2. The largest absolute Gasteiger partial charge is 0.481 e. The highest BCUT2D eigenvalue weighted by molar-refractivity contribution is 9.10. The van der Waals surface area contributed by atoms with Gasteiger partial charge in [-0.25, -0.2) is 9.79 Å². The number of benzene rings is 3. The van der Waals surface area contributed by atoms with Gasteiger partial charge in [-0.05, 0) is 73.1 Å². The summed E-state index contributed by atoms with van der Waals surface area (Å²) in [5.41, 5.74) is 4.08. The average molecular weight is 537 g/mol. The molecule has 1 fully saturated rings. The van der Waals surface area contributed by atoms with Crippen LogP contribution in [0.2, 0.25) is 0 Å². The number of para-hydroxylation sites is 2. The predicted octanol–water partition coefficient (Wildman–Crippen LogP) is 6.34. The minimum absolute atomic E-state index is 0.212. The molecular weight excluding hydrogens is 516 g/mol. The van der Waals surface area contributed by atoms with Crippen LogP contribution in [0.3, 0.4) is 0 Å². The molecule has 1 aliphatic rings. The lowest BCUT2D eigenvalue weighted by molar-refractivity contribution is -0.139. The van der Waals surface area contributed by atoms with Gasteiger partial charge in [-0.15, -0.1) is 0 Å². The van der Waals surface area contributed by atoms with Gasteiger partial charge in [0.25, 0.3) is 5.91 Å². The van der Waals surface area contributed by atoms with E-state index in [0.717, 1.165) is 27.0 Å². The van der Waals surface area contributed by atoms with Crippen molar-refractivity contribution in [2.45, 2.75) is 13.8 Å². The van der Waals surface area contributed by atoms with Crippen molar-refractivity contribution in [1.82, 2.24) is 0 Å². The zero-order valence-corrected chi connectivity index (χ0v) is 20.9. The molecule has 1 N–H and O–H groups in total. The molecule has 0 spiro atoms. The maximum absolute atomic E-state index is 13.6. The number of aliphatic carboxylic acids is 1. The highest BCUT2D eigenvalue weighted by atomic mass is 79.9. The number of hydrogen-bond acceptors (Lipinski definition) is 5. The molecule has 6 nitrogen and oxygen atoms in total. The summed E-state index contributed by atoms with van der Waals surface area (Å²) in [6.07, 6.45) is 1.71. The van der Waals surface area contributed by atoms with Crippen LogP contribution in [0.4, 0.5) is 11.4 Å². The third-order valence-corrected chi connectivity index (χ3v) is 6.57. The van der Waals surface area contributed by atoms with E-state index in [4.69, 9.17) is 14.8 Å². The van der Waals surface area contributed by atoms with Crippen LogP contribution >= 0.6 is 27.7 Å². The summed E-state index contributed by atoms with van der Waals surface area (Å²) in [6.45, 7) is 3.45. The predicted molar refractivity (Wildman–Crippen MR) is 140 cm³/mol. The Balaban J connectivity index is 1.80. The number of halogens is 1. The van der Waals surface area contributed by atoms with E-state index in [1.165, 1.54) is 11.8 Å². The van der Waals surface area contributed by atoms with Crippen LogP contribution in [0.15, 0.2) is 81.1 Å². The minimum atomic E-state index is -1.08. The number of carboxylic acid groups (broad SMARTS) is 1. The SMILES string of the molecule is Cc1ccccc1N=C1S/C(=C/c2cc(Br)ccc2OCC(=O)O)C(=O)N1c1ccccc1C. The maximum Gasteiger partial charge on any atom is 0.341 e. The monoisotopic (exact) mass is 536 g/mol. The van der Waals surface area contributed by atoms with Crippen molar-refractivity contribution in [1.29, 1.82) is 0 Å². The van der Waals surface area contributed by atoms with Crippen molar-refractivity contribution in [2.24, 2.45) is 4.99 Å². The Kier molecular flexibility index (Phi) is 7.19. The molecule has 172 valence electrons. The standard InChI is InChI=1S/C26H21BrN2O4S/c1-16-7-3-5-9-20(16)28-26-29(21-10-6-4-8-17(21)2)25(32)23(34-26)14-18-13-19(27)11-12-22(18)33-15-24(30)31/h3-14H,15H2,1-2H3,(H,30,31)/b23-14+,28-26?.